The number of aromatic nitrogens is 3. The van der Waals surface area contributed by atoms with Gasteiger partial charge in [0.25, 0.3) is 0 Å². The van der Waals surface area contributed by atoms with E-state index in [0.717, 1.165) is 19.3 Å². The first-order valence-corrected chi connectivity index (χ1v) is 5.58. The monoisotopic (exact) mass is 238 g/mol. The van der Waals surface area contributed by atoms with Crippen LogP contribution in [-0.4, -0.2) is 38.5 Å². The molecular weight excluding hydrogens is 224 g/mol. The van der Waals surface area contributed by atoms with Crippen LogP contribution >= 0.6 is 0 Å². The van der Waals surface area contributed by atoms with E-state index in [1.807, 2.05) is 0 Å². The molecule has 7 nitrogen and oxygen atoms in total. The molecule has 1 aliphatic rings. The first kappa shape index (κ1) is 11.6. The zero-order chi connectivity index (χ0) is 12.3. The third-order valence-electron chi connectivity index (χ3n) is 2.87. The SMILES string of the molecule is O=C(O)c1cn(CCNC(=O)C2CCC2)nn1. The predicted octanol–water partition coefficient (Wildman–Crippen LogP) is -0.107. The molecule has 0 spiro atoms. The summed E-state index contributed by atoms with van der Waals surface area (Å²) < 4.78 is 1.41. The minimum absolute atomic E-state index is 0.0785. The summed E-state index contributed by atoms with van der Waals surface area (Å²) in [6, 6.07) is 0. The molecule has 0 radical (unpaired) electrons. The molecule has 1 fully saturated rings. The van der Waals surface area contributed by atoms with Gasteiger partial charge in [0.15, 0.2) is 5.69 Å². The van der Waals surface area contributed by atoms with Gasteiger partial charge in [-0.2, -0.15) is 0 Å². The molecule has 1 saturated carbocycles. The van der Waals surface area contributed by atoms with Gasteiger partial charge in [0.2, 0.25) is 5.91 Å². The number of aromatic carboxylic acids is 1. The first-order chi connectivity index (χ1) is 8.16. The highest BCUT2D eigenvalue weighted by atomic mass is 16.4. The van der Waals surface area contributed by atoms with Crippen LogP contribution < -0.4 is 5.32 Å². The molecule has 92 valence electrons. The molecule has 7 heteroatoms. The van der Waals surface area contributed by atoms with Crippen LogP contribution in [0.4, 0.5) is 0 Å². The van der Waals surface area contributed by atoms with E-state index in [2.05, 4.69) is 15.6 Å². The van der Waals surface area contributed by atoms with Crippen LogP contribution in [0.25, 0.3) is 0 Å². The minimum atomic E-state index is -1.10. The van der Waals surface area contributed by atoms with Gasteiger partial charge in [-0.25, -0.2) is 9.48 Å². The van der Waals surface area contributed by atoms with Crippen molar-refractivity contribution in [3.05, 3.63) is 11.9 Å². The highest BCUT2D eigenvalue weighted by Gasteiger charge is 2.24. The van der Waals surface area contributed by atoms with Gasteiger partial charge in [0, 0.05) is 12.5 Å². The zero-order valence-corrected chi connectivity index (χ0v) is 9.30. The molecule has 1 amide bonds. The minimum Gasteiger partial charge on any atom is -0.476 e. The Kier molecular flexibility index (Phi) is 3.36. The Hall–Kier alpha value is -1.92. The van der Waals surface area contributed by atoms with Crippen molar-refractivity contribution in [2.75, 3.05) is 6.54 Å². The summed E-state index contributed by atoms with van der Waals surface area (Å²) in [4.78, 5) is 22.0. The van der Waals surface area contributed by atoms with Crippen LogP contribution in [0.15, 0.2) is 6.20 Å². The molecule has 0 bridgehead atoms. The molecule has 0 unspecified atom stereocenters. The van der Waals surface area contributed by atoms with Crippen LogP contribution in [0.3, 0.4) is 0 Å². The molecule has 0 aliphatic heterocycles. The number of nitrogens with one attached hydrogen (secondary N) is 1. The van der Waals surface area contributed by atoms with Crippen LogP contribution in [0.5, 0.6) is 0 Å². The molecule has 0 saturated heterocycles. The second-order valence-electron chi connectivity index (χ2n) is 4.09. The number of carboxylic acids is 1. The van der Waals surface area contributed by atoms with Gasteiger partial charge >= 0.3 is 5.97 Å². The molecule has 17 heavy (non-hydrogen) atoms. The average molecular weight is 238 g/mol. The second kappa shape index (κ2) is 4.94. The van der Waals surface area contributed by atoms with Gasteiger partial charge in [-0.15, -0.1) is 5.10 Å². The highest BCUT2D eigenvalue weighted by molar-refractivity contribution is 5.84. The number of nitrogens with zero attached hydrogens (tertiary/aromatic N) is 3. The van der Waals surface area contributed by atoms with E-state index in [0.29, 0.717) is 13.1 Å². The maximum Gasteiger partial charge on any atom is 0.358 e. The van der Waals surface area contributed by atoms with Crippen LogP contribution in [0.1, 0.15) is 29.8 Å². The number of carbonyl (C=O) groups is 2. The summed E-state index contributed by atoms with van der Waals surface area (Å²) in [5.41, 5.74) is -0.0877. The molecule has 1 heterocycles. The smallest absolute Gasteiger partial charge is 0.358 e. The Morgan fingerprint density at radius 1 is 1.53 bits per heavy atom. The Morgan fingerprint density at radius 3 is 2.82 bits per heavy atom. The van der Waals surface area contributed by atoms with Crippen molar-refractivity contribution in [1.82, 2.24) is 20.3 Å². The summed E-state index contributed by atoms with van der Waals surface area (Å²) in [6.45, 7) is 0.872. The van der Waals surface area contributed by atoms with Gasteiger partial charge in [-0.05, 0) is 12.8 Å². The predicted molar refractivity (Wildman–Crippen MR) is 57.3 cm³/mol. The van der Waals surface area contributed by atoms with Gasteiger partial charge in [-0.1, -0.05) is 11.6 Å². The quantitative estimate of drug-likeness (QED) is 0.746. The summed E-state index contributed by atoms with van der Waals surface area (Å²) in [7, 11) is 0. The topological polar surface area (TPSA) is 97.1 Å². The lowest BCUT2D eigenvalue weighted by Gasteiger charge is -2.23. The largest absolute Gasteiger partial charge is 0.476 e. The van der Waals surface area contributed by atoms with Gasteiger partial charge in [-0.3, -0.25) is 4.79 Å². The third-order valence-corrected chi connectivity index (χ3v) is 2.87. The van der Waals surface area contributed by atoms with E-state index < -0.39 is 5.97 Å². The van der Waals surface area contributed by atoms with E-state index in [1.54, 1.807) is 0 Å². The number of hydrogen-bond acceptors (Lipinski definition) is 4. The molecule has 0 atom stereocenters. The molecular formula is C10H14N4O3. The van der Waals surface area contributed by atoms with Crippen molar-refractivity contribution in [1.29, 1.82) is 0 Å². The highest BCUT2D eigenvalue weighted by Crippen LogP contribution is 2.25. The Morgan fingerprint density at radius 2 is 2.29 bits per heavy atom. The molecule has 2 rings (SSSR count). The van der Waals surface area contributed by atoms with E-state index >= 15 is 0 Å². The summed E-state index contributed by atoms with van der Waals surface area (Å²) in [5.74, 6) is -0.857. The van der Waals surface area contributed by atoms with E-state index in [1.165, 1.54) is 10.9 Å². The van der Waals surface area contributed by atoms with Crippen LogP contribution in [-0.2, 0) is 11.3 Å². The Balaban J connectivity index is 1.73. The van der Waals surface area contributed by atoms with Crippen molar-refractivity contribution in [2.24, 2.45) is 5.92 Å². The van der Waals surface area contributed by atoms with Crippen LogP contribution in [0.2, 0.25) is 0 Å². The lowest BCUT2D eigenvalue weighted by Crippen LogP contribution is -2.36. The maximum absolute atomic E-state index is 11.5. The molecule has 2 N–H and O–H groups in total. The zero-order valence-electron chi connectivity index (χ0n) is 9.30. The number of carboxylic acid groups (broad SMARTS) is 1. The molecule has 1 aliphatic carbocycles. The lowest BCUT2D eigenvalue weighted by molar-refractivity contribution is -0.127. The van der Waals surface area contributed by atoms with Gasteiger partial charge in [0.1, 0.15) is 0 Å². The van der Waals surface area contributed by atoms with Gasteiger partial charge < -0.3 is 10.4 Å². The Bertz CT molecular complexity index is 425. The number of amides is 1. The average Bonchev–Trinajstić information content (AvgIpc) is 2.63. The van der Waals surface area contributed by atoms with E-state index in [9.17, 15) is 9.59 Å². The third kappa shape index (κ3) is 2.80. The van der Waals surface area contributed by atoms with Crippen molar-refractivity contribution >= 4 is 11.9 Å². The fourth-order valence-corrected chi connectivity index (χ4v) is 1.61. The second-order valence-corrected chi connectivity index (χ2v) is 4.09. The van der Waals surface area contributed by atoms with Crippen molar-refractivity contribution in [2.45, 2.75) is 25.8 Å². The summed E-state index contributed by atoms with van der Waals surface area (Å²) >= 11 is 0. The lowest BCUT2D eigenvalue weighted by atomic mass is 9.85. The van der Waals surface area contributed by atoms with E-state index in [4.69, 9.17) is 5.11 Å². The molecule has 0 aromatic carbocycles. The Labute approximate surface area is 97.8 Å². The normalized spacial score (nSPS) is 15.3. The summed E-state index contributed by atoms with van der Waals surface area (Å²) in [5, 5.41) is 18.6. The first-order valence-electron chi connectivity index (χ1n) is 5.58. The summed E-state index contributed by atoms with van der Waals surface area (Å²) in [6.07, 6.45) is 4.41. The van der Waals surface area contributed by atoms with Crippen LogP contribution in [0, 0.1) is 5.92 Å². The van der Waals surface area contributed by atoms with Crippen molar-refractivity contribution in [3.63, 3.8) is 0 Å². The number of hydrogen-bond donors (Lipinski definition) is 2. The number of rotatable bonds is 5. The van der Waals surface area contributed by atoms with E-state index in [-0.39, 0.29) is 17.5 Å². The molecule has 1 aromatic heterocycles. The van der Waals surface area contributed by atoms with Crippen molar-refractivity contribution in [3.8, 4) is 0 Å². The number of carbonyl (C=O) groups excluding carboxylic acids is 1. The fraction of sp³-hybridized carbons (Fsp3) is 0.600. The van der Waals surface area contributed by atoms with Gasteiger partial charge in [0.05, 0.1) is 12.7 Å². The standard InChI is InChI=1S/C10H14N4O3/c15-9(7-2-1-3-7)11-4-5-14-6-8(10(16)17)12-13-14/h6-7H,1-5H2,(H,11,15)(H,16,17). The maximum atomic E-state index is 11.5. The fourth-order valence-electron chi connectivity index (χ4n) is 1.61. The van der Waals surface area contributed by atoms with Crippen molar-refractivity contribution < 1.29 is 14.7 Å². The molecule has 1 aromatic rings.